The molecule has 0 aliphatic carbocycles. The molecule has 0 amide bonds. The molecule has 1 aliphatic heterocycles. The Morgan fingerprint density at radius 1 is 1.77 bits per heavy atom. The molecular weight excluding hydrogens is 170 g/mol. The van der Waals surface area contributed by atoms with Crippen LogP contribution in [0.25, 0.3) is 0 Å². The molecule has 2 atom stereocenters. The number of ether oxygens (including phenoxy) is 2. The van der Waals surface area contributed by atoms with E-state index in [1.807, 2.05) is 0 Å². The summed E-state index contributed by atoms with van der Waals surface area (Å²) in [7, 11) is 0. The minimum absolute atomic E-state index is 0.132. The van der Waals surface area contributed by atoms with Crippen LogP contribution in [-0.2, 0) is 14.3 Å². The number of hydrogen-bond acceptors (Lipinski definition) is 4. The molecule has 0 spiro atoms. The molecule has 1 rings (SSSR count). The van der Waals surface area contributed by atoms with Gasteiger partial charge in [0.1, 0.15) is 6.04 Å². The van der Waals surface area contributed by atoms with Gasteiger partial charge < -0.3 is 15.2 Å². The molecule has 1 heterocycles. The first kappa shape index (κ1) is 10.5. The average Bonchev–Trinajstić information content (AvgIpc) is 2.18. The Kier molecular flexibility index (Phi) is 4.18. The summed E-state index contributed by atoms with van der Waals surface area (Å²) in [6.45, 7) is 3.54. The number of esters is 1. The Balaban J connectivity index is 2.35. The fraction of sp³-hybridized carbons (Fsp3) is 0.889. The van der Waals surface area contributed by atoms with Gasteiger partial charge in [-0.25, -0.2) is 0 Å². The zero-order chi connectivity index (χ0) is 9.68. The summed E-state index contributed by atoms with van der Waals surface area (Å²) in [5.41, 5.74) is 5.72. The van der Waals surface area contributed by atoms with E-state index in [2.05, 4.69) is 0 Å². The van der Waals surface area contributed by atoms with Crippen LogP contribution < -0.4 is 5.73 Å². The predicted molar refractivity (Wildman–Crippen MR) is 48.2 cm³/mol. The first-order chi connectivity index (χ1) is 6.25. The topological polar surface area (TPSA) is 61.5 Å². The van der Waals surface area contributed by atoms with Crippen LogP contribution in [-0.4, -0.2) is 31.8 Å². The van der Waals surface area contributed by atoms with Gasteiger partial charge in [0.25, 0.3) is 0 Å². The van der Waals surface area contributed by atoms with Crippen molar-refractivity contribution in [2.75, 3.05) is 19.8 Å². The van der Waals surface area contributed by atoms with Gasteiger partial charge in [-0.2, -0.15) is 0 Å². The van der Waals surface area contributed by atoms with Crippen LogP contribution in [0.15, 0.2) is 0 Å². The van der Waals surface area contributed by atoms with Gasteiger partial charge in [-0.3, -0.25) is 4.79 Å². The molecule has 0 bridgehead atoms. The van der Waals surface area contributed by atoms with E-state index in [4.69, 9.17) is 15.2 Å². The van der Waals surface area contributed by atoms with Crippen molar-refractivity contribution in [3.63, 3.8) is 0 Å². The van der Waals surface area contributed by atoms with Crippen molar-refractivity contribution >= 4 is 5.97 Å². The normalized spacial score (nSPS) is 25.2. The summed E-state index contributed by atoms with van der Waals surface area (Å²) in [5.74, 6) is -0.175. The van der Waals surface area contributed by atoms with Gasteiger partial charge >= 0.3 is 5.97 Å². The fourth-order valence-corrected chi connectivity index (χ4v) is 1.48. The van der Waals surface area contributed by atoms with Gasteiger partial charge in [0.2, 0.25) is 0 Å². The highest BCUT2D eigenvalue weighted by molar-refractivity contribution is 5.75. The number of carbonyl (C=O) groups excluding carboxylic acids is 1. The second-order valence-corrected chi connectivity index (χ2v) is 3.26. The van der Waals surface area contributed by atoms with E-state index in [0.717, 1.165) is 19.4 Å². The maximum Gasteiger partial charge on any atom is 0.323 e. The van der Waals surface area contributed by atoms with Crippen LogP contribution >= 0.6 is 0 Å². The molecule has 0 radical (unpaired) electrons. The second-order valence-electron chi connectivity index (χ2n) is 3.26. The van der Waals surface area contributed by atoms with Crippen molar-refractivity contribution in [2.24, 2.45) is 11.7 Å². The van der Waals surface area contributed by atoms with Crippen molar-refractivity contribution < 1.29 is 14.3 Å². The molecule has 76 valence electrons. The maximum absolute atomic E-state index is 11.2. The molecular formula is C9H17NO3. The zero-order valence-electron chi connectivity index (χ0n) is 7.99. The molecule has 1 aliphatic rings. The number of rotatable bonds is 3. The van der Waals surface area contributed by atoms with Gasteiger partial charge in [-0.15, -0.1) is 0 Å². The molecule has 13 heavy (non-hydrogen) atoms. The molecule has 0 aromatic rings. The lowest BCUT2D eigenvalue weighted by atomic mass is 9.94. The van der Waals surface area contributed by atoms with Gasteiger partial charge in [0.05, 0.1) is 13.2 Å². The summed E-state index contributed by atoms with van der Waals surface area (Å²) in [4.78, 5) is 11.2. The SMILES string of the molecule is CCOC(=O)[C@H](N)[C@@H]1CCCOC1. The van der Waals surface area contributed by atoms with Crippen LogP contribution in [0, 0.1) is 5.92 Å². The lowest BCUT2D eigenvalue weighted by Crippen LogP contribution is -2.43. The minimum Gasteiger partial charge on any atom is -0.465 e. The fourth-order valence-electron chi connectivity index (χ4n) is 1.48. The Labute approximate surface area is 78.4 Å². The first-order valence-electron chi connectivity index (χ1n) is 4.75. The van der Waals surface area contributed by atoms with Crippen LogP contribution in [0.3, 0.4) is 0 Å². The van der Waals surface area contributed by atoms with Gasteiger partial charge in [0.15, 0.2) is 0 Å². The number of carbonyl (C=O) groups is 1. The van der Waals surface area contributed by atoms with Crippen LogP contribution in [0.4, 0.5) is 0 Å². The highest BCUT2D eigenvalue weighted by Gasteiger charge is 2.27. The minimum atomic E-state index is -0.514. The highest BCUT2D eigenvalue weighted by Crippen LogP contribution is 2.16. The van der Waals surface area contributed by atoms with Gasteiger partial charge in [-0.05, 0) is 19.8 Å². The molecule has 4 heteroatoms. The maximum atomic E-state index is 11.2. The van der Waals surface area contributed by atoms with Gasteiger partial charge in [0, 0.05) is 12.5 Å². The van der Waals surface area contributed by atoms with E-state index >= 15 is 0 Å². The summed E-state index contributed by atoms with van der Waals surface area (Å²) in [6, 6.07) is -0.514. The quantitative estimate of drug-likeness (QED) is 0.646. The Bertz CT molecular complexity index is 166. The Morgan fingerprint density at radius 2 is 2.54 bits per heavy atom. The average molecular weight is 187 g/mol. The van der Waals surface area contributed by atoms with E-state index in [9.17, 15) is 4.79 Å². The number of nitrogens with two attached hydrogens (primary N) is 1. The van der Waals surface area contributed by atoms with E-state index in [0.29, 0.717) is 13.2 Å². The van der Waals surface area contributed by atoms with E-state index in [1.54, 1.807) is 6.92 Å². The summed E-state index contributed by atoms with van der Waals surface area (Å²) in [5, 5.41) is 0. The van der Waals surface area contributed by atoms with Crippen molar-refractivity contribution in [1.82, 2.24) is 0 Å². The third-order valence-electron chi connectivity index (χ3n) is 2.26. The molecule has 1 saturated heterocycles. The molecule has 0 aromatic heterocycles. The largest absolute Gasteiger partial charge is 0.465 e. The smallest absolute Gasteiger partial charge is 0.323 e. The molecule has 0 aromatic carbocycles. The van der Waals surface area contributed by atoms with Crippen LogP contribution in [0.5, 0.6) is 0 Å². The summed E-state index contributed by atoms with van der Waals surface area (Å²) in [6.07, 6.45) is 1.94. The van der Waals surface area contributed by atoms with Crippen molar-refractivity contribution in [3.8, 4) is 0 Å². The molecule has 4 nitrogen and oxygen atoms in total. The predicted octanol–water partition coefficient (Wildman–Crippen LogP) is 0.303. The lowest BCUT2D eigenvalue weighted by Gasteiger charge is -2.25. The van der Waals surface area contributed by atoms with E-state index < -0.39 is 6.04 Å². The van der Waals surface area contributed by atoms with Crippen molar-refractivity contribution in [2.45, 2.75) is 25.8 Å². The zero-order valence-corrected chi connectivity index (χ0v) is 7.99. The standard InChI is InChI=1S/C9H17NO3/c1-2-13-9(11)8(10)7-4-3-5-12-6-7/h7-8H,2-6,10H2,1H3/t7-,8-/m1/s1. The van der Waals surface area contributed by atoms with Crippen molar-refractivity contribution in [3.05, 3.63) is 0 Å². The molecule has 0 saturated carbocycles. The second kappa shape index (κ2) is 5.19. The molecule has 2 N–H and O–H groups in total. The monoisotopic (exact) mass is 187 g/mol. The summed E-state index contributed by atoms with van der Waals surface area (Å²) >= 11 is 0. The number of hydrogen-bond donors (Lipinski definition) is 1. The van der Waals surface area contributed by atoms with E-state index in [-0.39, 0.29) is 11.9 Å². The first-order valence-corrected chi connectivity index (χ1v) is 4.75. The third kappa shape index (κ3) is 2.97. The highest BCUT2D eigenvalue weighted by atomic mass is 16.5. The lowest BCUT2D eigenvalue weighted by molar-refractivity contribution is -0.147. The van der Waals surface area contributed by atoms with Crippen LogP contribution in [0.2, 0.25) is 0 Å². The molecule has 0 unspecified atom stereocenters. The summed E-state index contributed by atoms with van der Waals surface area (Å²) < 4.78 is 10.1. The third-order valence-corrected chi connectivity index (χ3v) is 2.26. The molecule has 1 fully saturated rings. The van der Waals surface area contributed by atoms with Gasteiger partial charge in [-0.1, -0.05) is 0 Å². The van der Waals surface area contributed by atoms with Crippen molar-refractivity contribution in [1.29, 1.82) is 0 Å². The van der Waals surface area contributed by atoms with E-state index in [1.165, 1.54) is 0 Å². The Morgan fingerprint density at radius 3 is 3.08 bits per heavy atom. The van der Waals surface area contributed by atoms with Crippen LogP contribution in [0.1, 0.15) is 19.8 Å². The Hall–Kier alpha value is -0.610.